The molecule has 2 aliphatic carbocycles. The zero-order valence-electron chi connectivity index (χ0n) is 19.1. The number of anilines is 2. The third-order valence-corrected chi connectivity index (χ3v) is 9.97. The highest BCUT2D eigenvalue weighted by Gasteiger charge is 2.65. The normalized spacial score (nSPS) is 29.1. The van der Waals surface area contributed by atoms with Gasteiger partial charge in [0.15, 0.2) is 0 Å². The molecular weight excluding hydrogens is 430 g/mol. The van der Waals surface area contributed by atoms with Crippen LogP contribution in [0.15, 0.2) is 24.3 Å². The van der Waals surface area contributed by atoms with Crippen molar-refractivity contribution in [3.05, 3.63) is 24.3 Å². The molecule has 8 nitrogen and oxygen atoms in total. The number of amides is 2. The van der Waals surface area contributed by atoms with Gasteiger partial charge >= 0.3 is 0 Å². The van der Waals surface area contributed by atoms with Crippen LogP contribution in [-0.2, 0) is 24.4 Å². The van der Waals surface area contributed by atoms with E-state index in [4.69, 9.17) is 0 Å². The van der Waals surface area contributed by atoms with Crippen LogP contribution in [0.2, 0.25) is 0 Å². The summed E-state index contributed by atoms with van der Waals surface area (Å²) in [5.74, 6) is -0.624. The number of nitrogens with zero attached hydrogens (tertiary/aromatic N) is 2. The van der Waals surface area contributed by atoms with Gasteiger partial charge in [-0.25, -0.2) is 8.42 Å². The molecule has 2 fully saturated rings. The lowest BCUT2D eigenvalue weighted by molar-refractivity contribution is -0.128. The summed E-state index contributed by atoms with van der Waals surface area (Å²) in [6.07, 6.45) is 1.99. The van der Waals surface area contributed by atoms with Crippen LogP contribution in [0.3, 0.4) is 0 Å². The van der Waals surface area contributed by atoms with E-state index in [1.807, 2.05) is 13.8 Å². The second kappa shape index (κ2) is 7.66. The van der Waals surface area contributed by atoms with E-state index in [9.17, 15) is 22.8 Å². The average molecular weight is 462 g/mol. The van der Waals surface area contributed by atoms with Crippen LogP contribution in [-0.4, -0.2) is 55.7 Å². The highest BCUT2D eigenvalue weighted by Crippen LogP contribution is 2.64. The molecule has 1 N–H and O–H groups in total. The summed E-state index contributed by atoms with van der Waals surface area (Å²) >= 11 is 0. The summed E-state index contributed by atoms with van der Waals surface area (Å²) in [7, 11) is -2.47. The van der Waals surface area contributed by atoms with Crippen molar-refractivity contribution in [3.63, 3.8) is 0 Å². The van der Waals surface area contributed by atoms with Crippen molar-refractivity contribution in [2.45, 2.75) is 52.5 Å². The monoisotopic (exact) mass is 461 g/mol. The zero-order valence-corrected chi connectivity index (χ0v) is 19.9. The number of hydrogen-bond donors (Lipinski definition) is 1. The molecule has 4 rings (SSSR count). The number of rotatable bonds is 5. The summed E-state index contributed by atoms with van der Waals surface area (Å²) in [5.41, 5.74) is -0.181. The smallest absolute Gasteiger partial charge is 0.242 e. The Labute approximate surface area is 189 Å². The number of sulfonamides is 1. The molecule has 0 radical (unpaired) electrons. The number of nitrogens with one attached hydrogen (secondary N) is 1. The third kappa shape index (κ3) is 3.46. The number of benzene rings is 1. The van der Waals surface area contributed by atoms with Gasteiger partial charge in [-0.2, -0.15) is 4.31 Å². The average Bonchev–Trinajstić information content (AvgIpc) is 2.96. The van der Waals surface area contributed by atoms with Gasteiger partial charge in [0.05, 0.1) is 23.7 Å². The van der Waals surface area contributed by atoms with Gasteiger partial charge in [0.2, 0.25) is 21.8 Å². The Morgan fingerprint density at radius 1 is 1.22 bits per heavy atom. The van der Waals surface area contributed by atoms with Crippen LogP contribution in [0.4, 0.5) is 11.4 Å². The fourth-order valence-corrected chi connectivity index (χ4v) is 7.69. The molecule has 2 saturated carbocycles. The van der Waals surface area contributed by atoms with Crippen molar-refractivity contribution in [2.75, 3.05) is 29.6 Å². The van der Waals surface area contributed by atoms with Crippen LogP contribution < -0.4 is 10.2 Å². The maximum absolute atomic E-state index is 13.3. The van der Waals surface area contributed by atoms with Gasteiger partial charge in [-0.1, -0.05) is 26.0 Å². The van der Waals surface area contributed by atoms with Gasteiger partial charge < -0.3 is 10.2 Å². The summed E-state index contributed by atoms with van der Waals surface area (Å²) < 4.78 is 27.7. The second-order valence-corrected chi connectivity index (χ2v) is 12.1. The number of hydrogen-bond acceptors (Lipinski definition) is 5. The molecule has 9 heteroatoms. The minimum atomic E-state index is -3.86. The molecule has 1 heterocycles. The fraction of sp³-hybridized carbons (Fsp3) is 0.609. The number of likely N-dealkylation sites (N-methyl/N-ethyl adjacent to an activating group) is 1. The SMILES string of the molecule is CC1CC(=O)Nc2ccccc2N1C(=O)CN(C)S(=O)(=O)CC12CCC(CC1=O)C2(C)C. The Hall–Kier alpha value is -2.26. The summed E-state index contributed by atoms with van der Waals surface area (Å²) in [6.45, 7) is 5.40. The molecule has 0 saturated heterocycles. The first-order valence-electron chi connectivity index (χ1n) is 11.1. The Balaban J connectivity index is 1.56. The second-order valence-electron chi connectivity index (χ2n) is 10.1. The van der Waals surface area contributed by atoms with Crippen molar-refractivity contribution < 1.29 is 22.8 Å². The van der Waals surface area contributed by atoms with Crippen molar-refractivity contribution in [2.24, 2.45) is 16.7 Å². The lowest BCUT2D eigenvalue weighted by Gasteiger charge is -2.37. The number of para-hydroxylation sites is 2. The minimum Gasteiger partial charge on any atom is -0.324 e. The first kappa shape index (κ1) is 22.9. The number of Topliss-reactive ketones (excluding diaryl/α,β-unsaturated/α-hetero) is 1. The molecular formula is C23H31N3O5S. The Morgan fingerprint density at radius 2 is 1.91 bits per heavy atom. The van der Waals surface area contributed by atoms with E-state index in [-0.39, 0.29) is 41.7 Å². The van der Waals surface area contributed by atoms with Gasteiger partial charge in [-0.3, -0.25) is 14.4 Å². The van der Waals surface area contributed by atoms with Crippen LogP contribution >= 0.6 is 0 Å². The molecule has 0 spiro atoms. The standard InChI is InChI=1S/C23H31N3O5S/c1-15-11-20(28)24-17-7-5-6-8-18(17)26(15)21(29)13-25(4)32(30,31)14-23-10-9-16(12-19(23)27)22(23,2)3/h5-8,15-16H,9-14H2,1-4H3,(H,24,28). The molecule has 3 atom stereocenters. The van der Waals surface area contributed by atoms with Gasteiger partial charge in [0, 0.05) is 31.3 Å². The first-order chi connectivity index (χ1) is 14.9. The van der Waals surface area contributed by atoms with Crippen molar-refractivity contribution in [1.82, 2.24) is 4.31 Å². The zero-order chi connectivity index (χ0) is 23.5. The number of carbonyl (C=O) groups excluding carboxylic acids is 3. The molecule has 2 amide bonds. The molecule has 32 heavy (non-hydrogen) atoms. The number of fused-ring (bicyclic) bond motifs is 3. The van der Waals surface area contributed by atoms with Gasteiger partial charge in [0.25, 0.3) is 0 Å². The fourth-order valence-electron chi connectivity index (χ4n) is 5.86. The van der Waals surface area contributed by atoms with E-state index < -0.39 is 27.4 Å². The predicted octanol–water partition coefficient (Wildman–Crippen LogP) is 2.41. The predicted molar refractivity (Wildman–Crippen MR) is 122 cm³/mol. The number of carbonyl (C=O) groups is 3. The number of ketones is 1. The molecule has 1 aliphatic heterocycles. The van der Waals surface area contributed by atoms with Crippen molar-refractivity contribution in [1.29, 1.82) is 0 Å². The van der Waals surface area contributed by atoms with E-state index in [2.05, 4.69) is 5.32 Å². The molecule has 2 bridgehead atoms. The first-order valence-corrected chi connectivity index (χ1v) is 12.7. The van der Waals surface area contributed by atoms with E-state index in [1.54, 1.807) is 31.2 Å². The molecule has 174 valence electrons. The van der Waals surface area contributed by atoms with E-state index in [1.165, 1.54) is 11.9 Å². The van der Waals surface area contributed by atoms with Crippen LogP contribution in [0, 0.1) is 16.7 Å². The molecule has 1 aromatic carbocycles. The Kier molecular flexibility index (Phi) is 5.48. The van der Waals surface area contributed by atoms with Crippen LogP contribution in [0.25, 0.3) is 0 Å². The molecule has 3 unspecified atom stereocenters. The van der Waals surface area contributed by atoms with Crippen molar-refractivity contribution in [3.8, 4) is 0 Å². The highest BCUT2D eigenvalue weighted by molar-refractivity contribution is 7.89. The van der Waals surface area contributed by atoms with Crippen molar-refractivity contribution >= 4 is 39.0 Å². The van der Waals surface area contributed by atoms with E-state index in [0.29, 0.717) is 24.2 Å². The van der Waals surface area contributed by atoms with Gasteiger partial charge in [-0.15, -0.1) is 0 Å². The molecule has 3 aliphatic rings. The minimum absolute atomic E-state index is 0.0294. The topological polar surface area (TPSA) is 104 Å². The summed E-state index contributed by atoms with van der Waals surface area (Å²) in [4.78, 5) is 39.8. The molecule has 0 aromatic heterocycles. The van der Waals surface area contributed by atoms with Crippen LogP contribution in [0.5, 0.6) is 0 Å². The van der Waals surface area contributed by atoms with Gasteiger partial charge in [0.1, 0.15) is 5.78 Å². The maximum atomic E-state index is 13.3. The quantitative estimate of drug-likeness (QED) is 0.725. The van der Waals surface area contributed by atoms with E-state index in [0.717, 1.165) is 10.7 Å². The molecule has 1 aromatic rings. The lowest BCUT2D eigenvalue weighted by atomic mass is 9.70. The van der Waals surface area contributed by atoms with Crippen LogP contribution in [0.1, 0.15) is 46.5 Å². The summed E-state index contributed by atoms with van der Waals surface area (Å²) in [5, 5.41) is 2.80. The van der Waals surface area contributed by atoms with Gasteiger partial charge in [-0.05, 0) is 43.2 Å². The highest BCUT2D eigenvalue weighted by atomic mass is 32.2. The Morgan fingerprint density at radius 3 is 2.53 bits per heavy atom. The summed E-state index contributed by atoms with van der Waals surface area (Å²) in [6, 6.07) is 6.57. The largest absolute Gasteiger partial charge is 0.324 e. The maximum Gasteiger partial charge on any atom is 0.242 e. The third-order valence-electron chi connectivity index (χ3n) is 8.03. The van der Waals surface area contributed by atoms with E-state index >= 15 is 0 Å². The Bertz CT molecular complexity index is 1080. The lowest BCUT2D eigenvalue weighted by Crippen LogP contribution is -2.49.